The number of fused-ring (bicyclic) bond motifs is 1. The quantitative estimate of drug-likeness (QED) is 0.328. The SMILES string of the molecule is CCCCC(CCC)c1ccc(C(=N)Cc2ccc3c(c2)C(CC2CCCC2)CC(=O)C=C3)cc1. The zero-order chi connectivity index (χ0) is 24.6. The molecule has 2 nitrogen and oxygen atoms in total. The van der Waals surface area contributed by atoms with Crippen molar-refractivity contribution < 1.29 is 4.79 Å². The van der Waals surface area contributed by atoms with Crippen molar-refractivity contribution in [3.8, 4) is 0 Å². The topological polar surface area (TPSA) is 40.9 Å². The molecule has 2 aliphatic rings. The van der Waals surface area contributed by atoms with E-state index in [0.29, 0.717) is 30.4 Å². The maximum Gasteiger partial charge on any atom is 0.156 e. The van der Waals surface area contributed by atoms with Gasteiger partial charge in [0.1, 0.15) is 0 Å². The minimum Gasteiger partial charge on any atom is -0.304 e. The van der Waals surface area contributed by atoms with Gasteiger partial charge in [-0.05, 0) is 70.9 Å². The van der Waals surface area contributed by atoms with Crippen LogP contribution in [0, 0.1) is 11.3 Å². The molecule has 2 heteroatoms. The zero-order valence-corrected chi connectivity index (χ0v) is 21.8. The van der Waals surface area contributed by atoms with Gasteiger partial charge >= 0.3 is 0 Å². The highest BCUT2D eigenvalue weighted by molar-refractivity contribution is 6.00. The van der Waals surface area contributed by atoms with Gasteiger partial charge < -0.3 is 5.41 Å². The Balaban J connectivity index is 1.48. The van der Waals surface area contributed by atoms with Gasteiger partial charge in [-0.1, -0.05) is 107 Å². The van der Waals surface area contributed by atoms with Crippen molar-refractivity contribution in [3.05, 3.63) is 76.4 Å². The molecule has 2 atom stereocenters. The zero-order valence-electron chi connectivity index (χ0n) is 21.8. The average Bonchev–Trinajstić information content (AvgIpc) is 3.33. The van der Waals surface area contributed by atoms with E-state index in [9.17, 15) is 4.79 Å². The Hall–Kier alpha value is -2.48. The molecule has 2 aromatic carbocycles. The molecule has 0 aromatic heterocycles. The molecule has 1 fully saturated rings. The maximum absolute atomic E-state index is 12.4. The number of ketones is 1. The number of hydrogen-bond donors (Lipinski definition) is 1. The summed E-state index contributed by atoms with van der Waals surface area (Å²) in [5, 5.41) is 8.82. The number of nitrogens with one attached hydrogen (secondary N) is 1. The molecule has 0 aliphatic heterocycles. The van der Waals surface area contributed by atoms with E-state index in [-0.39, 0.29) is 5.78 Å². The molecule has 2 unspecified atom stereocenters. The number of unbranched alkanes of at least 4 members (excludes halogenated alkanes) is 1. The molecule has 0 bridgehead atoms. The van der Waals surface area contributed by atoms with E-state index in [1.165, 1.54) is 80.0 Å². The largest absolute Gasteiger partial charge is 0.304 e. The van der Waals surface area contributed by atoms with E-state index in [2.05, 4.69) is 56.3 Å². The van der Waals surface area contributed by atoms with Crippen LogP contribution in [0.3, 0.4) is 0 Å². The van der Waals surface area contributed by atoms with E-state index in [1.807, 2.05) is 6.08 Å². The summed E-state index contributed by atoms with van der Waals surface area (Å²) in [4.78, 5) is 12.4. The molecule has 1 saturated carbocycles. The Morgan fingerprint density at radius 2 is 1.74 bits per heavy atom. The third-order valence-electron chi connectivity index (χ3n) is 8.23. The van der Waals surface area contributed by atoms with E-state index in [0.717, 1.165) is 17.9 Å². The Morgan fingerprint density at radius 3 is 2.46 bits per heavy atom. The van der Waals surface area contributed by atoms with Crippen LogP contribution in [-0.2, 0) is 11.2 Å². The van der Waals surface area contributed by atoms with Crippen LogP contribution in [-0.4, -0.2) is 11.5 Å². The van der Waals surface area contributed by atoms with Crippen molar-refractivity contribution in [3.63, 3.8) is 0 Å². The summed E-state index contributed by atoms with van der Waals surface area (Å²) in [7, 11) is 0. The van der Waals surface area contributed by atoms with Gasteiger partial charge in [0, 0.05) is 18.6 Å². The summed E-state index contributed by atoms with van der Waals surface area (Å²) in [6.45, 7) is 4.54. The van der Waals surface area contributed by atoms with E-state index >= 15 is 0 Å². The van der Waals surface area contributed by atoms with Crippen molar-refractivity contribution in [2.24, 2.45) is 5.92 Å². The maximum atomic E-state index is 12.4. The van der Waals surface area contributed by atoms with Crippen LogP contribution in [0.2, 0.25) is 0 Å². The fraction of sp³-hybridized carbons (Fsp3) is 0.515. The fourth-order valence-electron chi connectivity index (χ4n) is 6.24. The summed E-state index contributed by atoms with van der Waals surface area (Å²) in [5.74, 6) is 1.95. The molecule has 4 rings (SSSR count). The van der Waals surface area contributed by atoms with Gasteiger partial charge in [0.15, 0.2) is 5.78 Å². The van der Waals surface area contributed by atoms with Gasteiger partial charge in [-0.2, -0.15) is 0 Å². The third-order valence-corrected chi connectivity index (χ3v) is 8.23. The second-order valence-corrected chi connectivity index (χ2v) is 11.0. The molecule has 0 saturated heterocycles. The lowest BCUT2D eigenvalue weighted by Crippen LogP contribution is -2.10. The Bertz CT molecular complexity index is 1030. The molecule has 186 valence electrons. The van der Waals surface area contributed by atoms with Crippen molar-refractivity contribution in [1.29, 1.82) is 5.41 Å². The van der Waals surface area contributed by atoms with Gasteiger partial charge in [0.25, 0.3) is 0 Å². The summed E-state index contributed by atoms with van der Waals surface area (Å²) in [6.07, 6.45) is 17.7. The van der Waals surface area contributed by atoms with E-state index in [1.54, 1.807) is 6.08 Å². The highest BCUT2D eigenvalue weighted by atomic mass is 16.1. The van der Waals surface area contributed by atoms with Crippen LogP contribution < -0.4 is 0 Å². The van der Waals surface area contributed by atoms with Crippen LogP contribution >= 0.6 is 0 Å². The first-order valence-corrected chi connectivity index (χ1v) is 14.1. The monoisotopic (exact) mass is 469 g/mol. The van der Waals surface area contributed by atoms with Gasteiger partial charge in [-0.25, -0.2) is 0 Å². The highest BCUT2D eigenvalue weighted by Gasteiger charge is 2.26. The fourth-order valence-corrected chi connectivity index (χ4v) is 6.24. The second-order valence-electron chi connectivity index (χ2n) is 11.0. The van der Waals surface area contributed by atoms with Crippen LogP contribution in [0.15, 0.2) is 48.5 Å². The smallest absolute Gasteiger partial charge is 0.156 e. The van der Waals surface area contributed by atoms with Crippen LogP contribution in [0.4, 0.5) is 0 Å². The molecule has 2 aliphatic carbocycles. The second kappa shape index (κ2) is 12.5. The number of rotatable bonds is 11. The predicted octanol–water partition coefficient (Wildman–Crippen LogP) is 9.02. The van der Waals surface area contributed by atoms with E-state index in [4.69, 9.17) is 5.41 Å². The molecule has 1 N–H and O–H groups in total. The number of hydrogen-bond acceptors (Lipinski definition) is 2. The molecule has 35 heavy (non-hydrogen) atoms. The van der Waals surface area contributed by atoms with Crippen molar-refractivity contribution >= 4 is 17.6 Å². The minimum atomic E-state index is 0.249. The lowest BCUT2D eigenvalue weighted by molar-refractivity contribution is -0.114. The molecule has 0 heterocycles. The molecular formula is C33H43NO. The Kier molecular flexibility index (Phi) is 9.12. The van der Waals surface area contributed by atoms with Crippen LogP contribution in [0.25, 0.3) is 6.08 Å². The van der Waals surface area contributed by atoms with Crippen LogP contribution in [0.5, 0.6) is 0 Å². The third kappa shape index (κ3) is 6.81. The van der Waals surface area contributed by atoms with Gasteiger partial charge in [0.05, 0.1) is 0 Å². The Morgan fingerprint density at radius 1 is 0.971 bits per heavy atom. The summed E-state index contributed by atoms with van der Waals surface area (Å²) in [6, 6.07) is 15.4. The van der Waals surface area contributed by atoms with Gasteiger partial charge in [-0.15, -0.1) is 0 Å². The normalized spacial score (nSPS) is 18.9. The molecule has 2 aromatic rings. The number of carbonyl (C=O) groups excluding carboxylic acids is 1. The lowest BCUT2D eigenvalue weighted by atomic mass is 9.82. The molecule has 0 amide bonds. The van der Waals surface area contributed by atoms with Crippen molar-refractivity contribution in [2.75, 3.05) is 0 Å². The van der Waals surface area contributed by atoms with E-state index < -0.39 is 0 Å². The minimum absolute atomic E-state index is 0.249. The molecule has 0 spiro atoms. The first-order valence-electron chi connectivity index (χ1n) is 14.1. The lowest BCUT2D eigenvalue weighted by Gasteiger charge is -2.21. The summed E-state index contributed by atoms with van der Waals surface area (Å²) in [5.41, 5.74) is 6.80. The summed E-state index contributed by atoms with van der Waals surface area (Å²) < 4.78 is 0. The predicted molar refractivity (Wildman–Crippen MR) is 149 cm³/mol. The number of benzene rings is 2. The molecular weight excluding hydrogens is 426 g/mol. The average molecular weight is 470 g/mol. The Labute approximate surface area is 212 Å². The highest BCUT2D eigenvalue weighted by Crippen LogP contribution is 2.39. The van der Waals surface area contributed by atoms with Crippen LogP contribution in [0.1, 0.15) is 124 Å². The number of allylic oxidation sites excluding steroid dienone is 1. The summed E-state index contributed by atoms with van der Waals surface area (Å²) >= 11 is 0. The van der Waals surface area contributed by atoms with Gasteiger partial charge in [0.2, 0.25) is 0 Å². The standard InChI is InChI=1S/C33H43NO/c1-3-5-11-26(8-4-2)27-14-16-29(17-15-27)33(34)22-25-12-13-28-18-19-31(35)23-30(32(28)21-25)20-24-9-6-7-10-24/h12-19,21,24,26,30,34H,3-11,20,22-23H2,1-2H3. The first kappa shape index (κ1) is 25.6. The van der Waals surface area contributed by atoms with Crippen molar-refractivity contribution in [1.82, 2.24) is 0 Å². The van der Waals surface area contributed by atoms with Crippen molar-refractivity contribution in [2.45, 2.75) is 103 Å². The first-order chi connectivity index (χ1) is 17.1. The van der Waals surface area contributed by atoms with Gasteiger partial charge in [-0.3, -0.25) is 4.79 Å². The number of carbonyl (C=O) groups is 1. The molecule has 0 radical (unpaired) electrons.